The minimum absolute atomic E-state index is 0.188. The van der Waals surface area contributed by atoms with Gasteiger partial charge >= 0.3 is 0 Å². The number of aromatic nitrogens is 2. The SMILES string of the molecule is CC1CCCC(CNc2cnc(C#N)cn2)(N(C)C)C1. The maximum atomic E-state index is 8.73. The van der Waals surface area contributed by atoms with Crippen LogP contribution in [0.1, 0.15) is 38.3 Å². The Hall–Kier alpha value is -1.67. The summed E-state index contributed by atoms with van der Waals surface area (Å²) in [6.45, 7) is 3.20. The second-order valence-electron chi connectivity index (χ2n) is 6.07. The van der Waals surface area contributed by atoms with Gasteiger partial charge in [0.05, 0.1) is 12.4 Å². The van der Waals surface area contributed by atoms with Gasteiger partial charge in [-0.15, -0.1) is 0 Å². The Bertz CT molecular complexity index is 476. The topological polar surface area (TPSA) is 64.8 Å². The average molecular weight is 273 g/mol. The van der Waals surface area contributed by atoms with Crippen LogP contribution in [0.25, 0.3) is 0 Å². The summed E-state index contributed by atoms with van der Waals surface area (Å²) in [7, 11) is 4.31. The van der Waals surface area contributed by atoms with Gasteiger partial charge in [0.2, 0.25) is 0 Å². The van der Waals surface area contributed by atoms with E-state index < -0.39 is 0 Å². The van der Waals surface area contributed by atoms with Gasteiger partial charge in [0.25, 0.3) is 0 Å². The lowest BCUT2D eigenvalue weighted by Gasteiger charge is -2.45. The molecule has 1 aromatic rings. The number of nitriles is 1. The predicted octanol–water partition coefficient (Wildman–Crippen LogP) is 2.27. The summed E-state index contributed by atoms with van der Waals surface area (Å²) >= 11 is 0. The molecule has 1 aromatic heterocycles. The van der Waals surface area contributed by atoms with E-state index >= 15 is 0 Å². The first-order chi connectivity index (χ1) is 9.55. The molecule has 1 aliphatic rings. The number of hydrogen-bond donors (Lipinski definition) is 1. The molecule has 0 aliphatic heterocycles. The van der Waals surface area contributed by atoms with Crippen LogP contribution in [-0.2, 0) is 0 Å². The summed E-state index contributed by atoms with van der Waals surface area (Å²) in [6, 6.07) is 1.98. The zero-order valence-electron chi connectivity index (χ0n) is 12.6. The van der Waals surface area contributed by atoms with Crippen LogP contribution in [0, 0.1) is 17.2 Å². The van der Waals surface area contributed by atoms with Crippen molar-refractivity contribution in [3.8, 4) is 6.07 Å². The van der Waals surface area contributed by atoms with Crippen LogP contribution in [0.2, 0.25) is 0 Å². The number of hydrogen-bond acceptors (Lipinski definition) is 5. The molecule has 1 heterocycles. The van der Waals surface area contributed by atoms with Gasteiger partial charge in [-0.25, -0.2) is 9.97 Å². The number of nitrogens with zero attached hydrogens (tertiary/aromatic N) is 4. The smallest absolute Gasteiger partial charge is 0.158 e. The van der Waals surface area contributed by atoms with E-state index in [0.29, 0.717) is 5.69 Å². The van der Waals surface area contributed by atoms with Crippen molar-refractivity contribution in [1.82, 2.24) is 14.9 Å². The van der Waals surface area contributed by atoms with Crippen molar-refractivity contribution in [2.75, 3.05) is 26.0 Å². The van der Waals surface area contributed by atoms with Gasteiger partial charge in [-0.05, 0) is 32.9 Å². The van der Waals surface area contributed by atoms with Crippen molar-refractivity contribution in [3.63, 3.8) is 0 Å². The average Bonchev–Trinajstić information content (AvgIpc) is 2.45. The first-order valence-corrected chi connectivity index (χ1v) is 7.19. The van der Waals surface area contributed by atoms with Crippen molar-refractivity contribution in [2.45, 2.75) is 38.1 Å². The summed E-state index contributed by atoms with van der Waals surface area (Å²) in [5.74, 6) is 1.50. The van der Waals surface area contributed by atoms with Gasteiger partial charge in [0.1, 0.15) is 11.9 Å². The quantitative estimate of drug-likeness (QED) is 0.911. The van der Waals surface area contributed by atoms with Gasteiger partial charge in [-0.2, -0.15) is 5.26 Å². The Morgan fingerprint density at radius 1 is 1.45 bits per heavy atom. The molecule has 20 heavy (non-hydrogen) atoms. The summed E-state index contributed by atoms with van der Waals surface area (Å²) in [6.07, 6.45) is 8.16. The van der Waals surface area contributed by atoms with Gasteiger partial charge in [-0.3, -0.25) is 0 Å². The highest BCUT2D eigenvalue weighted by molar-refractivity contribution is 5.34. The van der Waals surface area contributed by atoms with Crippen molar-refractivity contribution in [3.05, 3.63) is 18.1 Å². The minimum atomic E-state index is 0.188. The molecule has 0 bridgehead atoms. The Balaban J connectivity index is 2.03. The molecule has 2 unspecified atom stereocenters. The maximum absolute atomic E-state index is 8.73. The fourth-order valence-electron chi connectivity index (χ4n) is 3.09. The van der Waals surface area contributed by atoms with Crippen molar-refractivity contribution >= 4 is 5.82 Å². The molecule has 0 amide bonds. The number of likely N-dealkylation sites (N-methyl/N-ethyl adjacent to an activating group) is 1. The molecule has 0 saturated heterocycles. The Morgan fingerprint density at radius 2 is 2.25 bits per heavy atom. The molecular formula is C15H23N5. The van der Waals surface area contributed by atoms with Crippen molar-refractivity contribution < 1.29 is 0 Å². The van der Waals surface area contributed by atoms with Crippen LogP contribution in [0.5, 0.6) is 0 Å². The zero-order valence-corrected chi connectivity index (χ0v) is 12.6. The third-order valence-corrected chi connectivity index (χ3v) is 4.38. The summed E-state index contributed by atoms with van der Waals surface area (Å²) in [5.41, 5.74) is 0.539. The summed E-state index contributed by atoms with van der Waals surface area (Å²) in [4.78, 5) is 10.6. The van der Waals surface area contributed by atoms with Crippen LogP contribution in [0.3, 0.4) is 0 Å². The van der Waals surface area contributed by atoms with Crippen LogP contribution in [0.15, 0.2) is 12.4 Å². The number of anilines is 1. The Morgan fingerprint density at radius 3 is 2.80 bits per heavy atom. The monoisotopic (exact) mass is 273 g/mol. The van der Waals surface area contributed by atoms with E-state index in [1.807, 2.05) is 6.07 Å². The van der Waals surface area contributed by atoms with Crippen molar-refractivity contribution in [2.24, 2.45) is 5.92 Å². The molecule has 1 N–H and O–H groups in total. The van der Waals surface area contributed by atoms with E-state index in [1.165, 1.54) is 31.9 Å². The van der Waals surface area contributed by atoms with Gasteiger partial charge in [0.15, 0.2) is 5.69 Å². The Labute approximate surface area is 121 Å². The van der Waals surface area contributed by atoms with E-state index in [0.717, 1.165) is 18.3 Å². The molecule has 5 heteroatoms. The largest absolute Gasteiger partial charge is 0.367 e. The lowest BCUT2D eigenvalue weighted by Crippen LogP contribution is -2.52. The second kappa shape index (κ2) is 6.19. The Kier molecular flexibility index (Phi) is 4.56. The van der Waals surface area contributed by atoms with Crippen LogP contribution < -0.4 is 5.32 Å². The molecule has 2 atom stereocenters. The van der Waals surface area contributed by atoms with E-state index in [-0.39, 0.29) is 5.54 Å². The molecule has 1 saturated carbocycles. The van der Waals surface area contributed by atoms with Gasteiger partial charge in [-0.1, -0.05) is 19.8 Å². The molecule has 1 aliphatic carbocycles. The molecular weight excluding hydrogens is 250 g/mol. The van der Waals surface area contributed by atoms with Gasteiger partial charge < -0.3 is 10.2 Å². The van der Waals surface area contributed by atoms with E-state index in [1.54, 1.807) is 6.20 Å². The van der Waals surface area contributed by atoms with Crippen LogP contribution >= 0.6 is 0 Å². The van der Waals surface area contributed by atoms with Gasteiger partial charge in [0, 0.05) is 12.1 Å². The molecule has 0 aromatic carbocycles. The lowest BCUT2D eigenvalue weighted by molar-refractivity contribution is 0.0881. The summed E-state index contributed by atoms with van der Waals surface area (Å²) in [5, 5.41) is 12.1. The molecule has 0 spiro atoms. The number of rotatable bonds is 4. The van der Waals surface area contributed by atoms with E-state index in [9.17, 15) is 0 Å². The molecule has 2 rings (SSSR count). The predicted molar refractivity (Wildman–Crippen MR) is 79.3 cm³/mol. The van der Waals surface area contributed by atoms with Crippen LogP contribution in [0.4, 0.5) is 5.82 Å². The third-order valence-electron chi connectivity index (χ3n) is 4.38. The molecule has 108 valence electrons. The van der Waals surface area contributed by atoms with Crippen LogP contribution in [-0.4, -0.2) is 41.0 Å². The first-order valence-electron chi connectivity index (χ1n) is 7.19. The highest BCUT2D eigenvalue weighted by Gasteiger charge is 2.36. The molecule has 1 fully saturated rings. The zero-order chi connectivity index (χ0) is 14.6. The van der Waals surface area contributed by atoms with Crippen molar-refractivity contribution in [1.29, 1.82) is 5.26 Å². The maximum Gasteiger partial charge on any atom is 0.158 e. The highest BCUT2D eigenvalue weighted by atomic mass is 15.2. The van der Waals surface area contributed by atoms with E-state index in [4.69, 9.17) is 5.26 Å². The highest BCUT2D eigenvalue weighted by Crippen LogP contribution is 2.35. The molecule has 0 radical (unpaired) electrons. The standard InChI is InChI=1S/C15H23N5/c1-12-5-4-6-15(7-12,20(2)3)11-19-14-10-17-13(8-16)9-18-14/h9-10,12H,4-7,11H2,1-3H3,(H,18,19). The number of nitrogens with one attached hydrogen (secondary N) is 1. The fraction of sp³-hybridized carbons (Fsp3) is 0.667. The first kappa shape index (κ1) is 14.7. The van der Waals surface area contributed by atoms with E-state index in [2.05, 4.69) is 41.2 Å². The molecule has 5 nitrogen and oxygen atoms in total. The normalized spacial score (nSPS) is 26.2. The third kappa shape index (κ3) is 3.26. The lowest BCUT2D eigenvalue weighted by atomic mass is 9.75. The summed E-state index contributed by atoms with van der Waals surface area (Å²) < 4.78 is 0. The fourth-order valence-corrected chi connectivity index (χ4v) is 3.09. The second-order valence-corrected chi connectivity index (χ2v) is 6.07. The minimum Gasteiger partial charge on any atom is -0.367 e.